The second kappa shape index (κ2) is 5.85. The molecule has 1 aliphatic heterocycles. The molecule has 1 aromatic carbocycles. The van der Waals surface area contributed by atoms with Gasteiger partial charge in [0.05, 0.1) is 11.8 Å². The number of piperidine rings is 1. The zero-order valence-electron chi connectivity index (χ0n) is 9.90. The molecular formula is C13H19BrN2O. The highest BCUT2D eigenvalue weighted by Gasteiger charge is 2.15. The third-order valence-corrected chi connectivity index (χ3v) is 3.91. The van der Waals surface area contributed by atoms with Crippen molar-refractivity contribution in [2.45, 2.75) is 25.4 Å². The fourth-order valence-electron chi connectivity index (χ4n) is 2.26. The monoisotopic (exact) mass is 298 g/mol. The van der Waals surface area contributed by atoms with E-state index in [1.807, 2.05) is 12.1 Å². The second-order valence-corrected chi connectivity index (χ2v) is 5.36. The Balaban J connectivity index is 2.18. The number of hydrogen-bond donors (Lipinski definition) is 2. The normalized spacial score (nSPS) is 18.2. The first-order chi connectivity index (χ1) is 8.22. The van der Waals surface area contributed by atoms with Gasteiger partial charge in [0.1, 0.15) is 0 Å². The van der Waals surface area contributed by atoms with Crippen molar-refractivity contribution >= 4 is 21.6 Å². The maximum absolute atomic E-state index is 9.70. The quantitative estimate of drug-likeness (QED) is 0.901. The standard InChI is InChI=1S/C13H19BrN2O/c14-11-8-10(13(17)9-15)4-5-12(11)16-6-2-1-3-7-16/h4-5,8,13,17H,1-3,6-7,9,15H2. The molecular weight excluding hydrogens is 280 g/mol. The van der Waals surface area contributed by atoms with Crippen LogP contribution >= 0.6 is 15.9 Å². The van der Waals surface area contributed by atoms with Crippen molar-refractivity contribution < 1.29 is 5.11 Å². The van der Waals surface area contributed by atoms with Gasteiger partial charge in [-0.25, -0.2) is 0 Å². The van der Waals surface area contributed by atoms with Crippen LogP contribution in [0.15, 0.2) is 22.7 Å². The first kappa shape index (κ1) is 12.9. The zero-order chi connectivity index (χ0) is 12.3. The van der Waals surface area contributed by atoms with Crippen molar-refractivity contribution in [3.8, 4) is 0 Å². The molecule has 0 radical (unpaired) electrons. The zero-order valence-corrected chi connectivity index (χ0v) is 11.5. The molecule has 1 aromatic rings. The predicted octanol–water partition coefficient (Wildman–Crippen LogP) is 2.43. The highest BCUT2D eigenvalue weighted by molar-refractivity contribution is 9.10. The third kappa shape index (κ3) is 3.00. The molecule has 1 unspecified atom stereocenters. The molecule has 94 valence electrons. The summed E-state index contributed by atoms with van der Waals surface area (Å²) < 4.78 is 1.05. The summed E-state index contributed by atoms with van der Waals surface area (Å²) >= 11 is 3.59. The summed E-state index contributed by atoms with van der Waals surface area (Å²) in [5.41, 5.74) is 7.55. The Morgan fingerprint density at radius 1 is 1.29 bits per heavy atom. The average molecular weight is 299 g/mol. The summed E-state index contributed by atoms with van der Waals surface area (Å²) in [5.74, 6) is 0. The van der Waals surface area contributed by atoms with Crippen molar-refractivity contribution in [2.75, 3.05) is 24.5 Å². The van der Waals surface area contributed by atoms with Crippen molar-refractivity contribution in [2.24, 2.45) is 5.73 Å². The first-order valence-electron chi connectivity index (χ1n) is 6.15. The lowest BCUT2D eigenvalue weighted by molar-refractivity contribution is 0.186. The van der Waals surface area contributed by atoms with Gasteiger partial charge in [0, 0.05) is 24.1 Å². The largest absolute Gasteiger partial charge is 0.387 e. The van der Waals surface area contributed by atoms with E-state index >= 15 is 0 Å². The van der Waals surface area contributed by atoms with E-state index in [1.54, 1.807) is 0 Å². The second-order valence-electron chi connectivity index (χ2n) is 4.51. The van der Waals surface area contributed by atoms with E-state index in [0.29, 0.717) is 0 Å². The Morgan fingerprint density at radius 2 is 2.00 bits per heavy atom. The molecule has 2 rings (SSSR count). The van der Waals surface area contributed by atoms with E-state index in [4.69, 9.17) is 5.73 Å². The summed E-state index contributed by atoms with van der Waals surface area (Å²) in [7, 11) is 0. The van der Waals surface area contributed by atoms with Gasteiger partial charge < -0.3 is 15.7 Å². The molecule has 1 heterocycles. The Labute approximate surface area is 111 Å². The number of benzene rings is 1. The fourth-order valence-corrected chi connectivity index (χ4v) is 2.91. The summed E-state index contributed by atoms with van der Waals surface area (Å²) in [5, 5.41) is 9.70. The van der Waals surface area contributed by atoms with Crippen LogP contribution in [0.5, 0.6) is 0 Å². The molecule has 1 aliphatic rings. The molecule has 3 N–H and O–H groups in total. The van der Waals surface area contributed by atoms with Gasteiger partial charge in [-0.05, 0) is 52.9 Å². The van der Waals surface area contributed by atoms with E-state index in [1.165, 1.54) is 24.9 Å². The van der Waals surface area contributed by atoms with E-state index in [2.05, 4.69) is 26.9 Å². The number of nitrogens with two attached hydrogens (primary N) is 1. The number of rotatable bonds is 3. The van der Waals surface area contributed by atoms with Crippen LogP contribution in [-0.2, 0) is 0 Å². The van der Waals surface area contributed by atoms with Gasteiger partial charge in [0.2, 0.25) is 0 Å². The number of hydrogen-bond acceptors (Lipinski definition) is 3. The van der Waals surface area contributed by atoms with Crippen molar-refractivity contribution in [1.29, 1.82) is 0 Å². The summed E-state index contributed by atoms with van der Waals surface area (Å²) in [6.45, 7) is 2.50. The number of nitrogens with zero attached hydrogens (tertiary/aromatic N) is 1. The van der Waals surface area contributed by atoms with E-state index in [9.17, 15) is 5.11 Å². The molecule has 3 nitrogen and oxygen atoms in total. The van der Waals surface area contributed by atoms with Crippen LogP contribution in [0.25, 0.3) is 0 Å². The lowest BCUT2D eigenvalue weighted by atomic mass is 10.1. The molecule has 4 heteroatoms. The van der Waals surface area contributed by atoms with Crippen LogP contribution in [0.1, 0.15) is 30.9 Å². The van der Waals surface area contributed by atoms with Gasteiger partial charge >= 0.3 is 0 Å². The Kier molecular flexibility index (Phi) is 4.42. The predicted molar refractivity (Wildman–Crippen MR) is 74.2 cm³/mol. The summed E-state index contributed by atoms with van der Waals surface area (Å²) in [6.07, 6.45) is 3.29. The maximum atomic E-state index is 9.70. The molecule has 17 heavy (non-hydrogen) atoms. The molecule has 1 fully saturated rings. The SMILES string of the molecule is NCC(O)c1ccc(N2CCCCC2)c(Br)c1. The number of halogens is 1. The average Bonchev–Trinajstić information content (AvgIpc) is 2.38. The molecule has 0 aliphatic carbocycles. The van der Waals surface area contributed by atoms with Crippen molar-refractivity contribution in [3.63, 3.8) is 0 Å². The Hall–Kier alpha value is -0.580. The van der Waals surface area contributed by atoms with E-state index in [-0.39, 0.29) is 6.54 Å². The van der Waals surface area contributed by atoms with Crippen LogP contribution in [-0.4, -0.2) is 24.7 Å². The van der Waals surface area contributed by atoms with Crippen LogP contribution in [0.3, 0.4) is 0 Å². The molecule has 0 saturated carbocycles. The minimum absolute atomic E-state index is 0.259. The summed E-state index contributed by atoms with van der Waals surface area (Å²) in [6, 6.07) is 6.01. The van der Waals surface area contributed by atoms with Gasteiger partial charge in [-0.1, -0.05) is 6.07 Å². The summed E-state index contributed by atoms with van der Waals surface area (Å²) in [4.78, 5) is 2.40. The van der Waals surface area contributed by atoms with Crippen molar-refractivity contribution in [3.05, 3.63) is 28.2 Å². The smallest absolute Gasteiger partial charge is 0.0912 e. The number of anilines is 1. The highest BCUT2D eigenvalue weighted by Crippen LogP contribution is 2.31. The molecule has 0 aromatic heterocycles. The van der Waals surface area contributed by atoms with E-state index in [0.717, 1.165) is 23.1 Å². The Morgan fingerprint density at radius 3 is 2.59 bits per heavy atom. The minimum atomic E-state index is -0.568. The van der Waals surface area contributed by atoms with Crippen LogP contribution in [0, 0.1) is 0 Å². The van der Waals surface area contributed by atoms with Gasteiger partial charge in [0.25, 0.3) is 0 Å². The van der Waals surface area contributed by atoms with Crippen molar-refractivity contribution in [1.82, 2.24) is 0 Å². The maximum Gasteiger partial charge on any atom is 0.0912 e. The minimum Gasteiger partial charge on any atom is -0.387 e. The molecule has 0 bridgehead atoms. The molecule has 1 atom stereocenters. The highest BCUT2D eigenvalue weighted by atomic mass is 79.9. The van der Waals surface area contributed by atoms with Crippen LogP contribution in [0.2, 0.25) is 0 Å². The van der Waals surface area contributed by atoms with Gasteiger partial charge in [-0.15, -0.1) is 0 Å². The number of aliphatic hydroxyl groups is 1. The molecule has 1 saturated heterocycles. The Bertz CT molecular complexity index is 378. The lowest BCUT2D eigenvalue weighted by Crippen LogP contribution is -2.29. The topological polar surface area (TPSA) is 49.5 Å². The molecule has 0 amide bonds. The lowest BCUT2D eigenvalue weighted by Gasteiger charge is -2.30. The van der Waals surface area contributed by atoms with Gasteiger partial charge in [-0.2, -0.15) is 0 Å². The van der Waals surface area contributed by atoms with E-state index < -0.39 is 6.10 Å². The molecule has 0 spiro atoms. The number of aliphatic hydroxyl groups excluding tert-OH is 1. The van der Waals surface area contributed by atoms with Crippen LogP contribution < -0.4 is 10.6 Å². The fraction of sp³-hybridized carbons (Fsp3) is 0.538. The first-order valence-corrected chi connectivity index (χ1v) is 6.94. The third-order valence-electron chi connectivity index (χ3n) is 3.28. The van der Waals surface area contributed by atoms with Crippen LogP contribution in [0.4, 0.5) is 5.69 Å². The van der Waals surface area contributed by atoms with Gasteiger partial charge in [-0.3, -0.25) is 0 Å². The van der Waals surface area contributed by atoms with Gasteiger partial charge in [0.15, 0.2) is 0 Å².